The highest BCUT2D eigenvalue weighted by Gasteiger charge is 2.57. The van der Waals surface area contributed by atoms with E-state index in [1.165, 1.54) is 5.57 Å². The fraction of sp³-hybridized carbons (Fsp3) is 0.488. The first kappa shape index (κ1) is 37.5. The third-order valence-corrected chi connectivity index (χ3v) is 11.1. The summed E-state index contributed by atoms with van der Waals surface area (Å²) in [6.45, 7) is 9.33. The van der Waals surface area contributed by atoms with Gasteiger partial charge >= 0.3 is 6.03 Å². The molecule has 2 bridgehead atoms. The zero-order chi connectivity index (χ0) is 35.9. The van der Waals surface area contributed by atoms with Gasteiger partial charge in [0.25, 0.3) is 0 Å². The Bertz CT molecular complexity index is 1650. The van der Waals surface area contributed by atoms with Crippen LogP contribution in [-0.4, -0.2) is 71.5 Å². The summed E-state index contributed by atoms with van der Waals surface area (Å²) in [7, 11) is 1.66. The number of hydrogen-bond donors (Lipinski definition) is 3. The number of aliphatic hydroxyl groups excluding tert-OH is 1. The van der Waals surface area contributed by atoms with Crippen LogP contribution in [-0.2, 0) is 11.2 Å². The lowest BCUT2D eigenvalue weighted by molar-refractivity contribution is -0.0775. The molecule has 0 saturated heterocycles. The van der Waals surface area contributed by atoms with Crippen LogP contribution in [0.25, 0.3) is 11.1 Å². The maximum absolute atomic E-state index is 14.9. The third-order valence-electron chi connectivity index (χ3n) is 11.1. The van der Waals surface area contributed by atoms with Crippen LogP contribution in [0.15, 0.2) is 84.4 Å². The monoisotopic (exact) mass is 680 g/mol. The van der Waals surface area contributed by atoms with E-state index in [1.807, 2.05) is 74.5 Å². The molecule has 0 aromatic heterocycles. The van der Waals surface area contributed by atoms with Gasteiger partial charge in [0.15, 0.2) is 5.78 Å². The van der Waals surface area contributed by atoms with Crippen LogP contribution >= 0.6 is 0 Å². The van der Waals surface area contributed by atoms with E-state index in [0.717, 1.165) is 35.1 Å². The lowest BCUT2D eigenvalue weighted by Gasteiger charge is -2.46. The second-order valence-electron chi connectivity index (χ2n) is 15.1. The first-order chi connectivity index (χ1) is 24.0. The summed E-state index contributed by atoms with van der Waals surface area (Å²) < 4.78 is 5.31. The van der Waals surface area contributed by atoms with Gasteiger partial charge in [-0.1, -0.05) is 85.3 Å². The number of amides is 2. The summed E-state index contributed by atoms with van der Waals surface area (Å²) in [5.41, 5.74) is 4.31. The zero-order valence-electron chi connectivity index (χ0n) is 30.6. The molecule has 4 atom stereocenters. The van der Waals surface area contributed by atoms with Crippen molar-refractivity contribution in [1.29, 1.82) is 0 Å². The summed E-state index contributed by atoms with van der Waals surface area (Å²) in [5.74, 6) is -0.200. The van der Waals surface area contributed by atoms with Crippen molar-refractivity contribution in [2.75, 3.05) is 26.8 Å². The van der Waals surface area contributed by atoms with Crippen LogP contribution in [0.3, 0.4) is 0 Å². The van der Waals surface area contributed by atoms with E-state index in [9.17, 15) is 19.8 Å². The average Bonchev–Trinajstić information content (AvgIpc) is 3.35. The summed E-state index contributed by atoms with van der Waals surface area (Å²) in [6, 6.07) is 23.6. The van der Waals surface area contributed by atoms with Crippen molar-refractivity contribution in [3.63, 3.8) is 0 Å². The van der Waals surface area contributed by atoms with Crippen molar-refractivity contribution in [2.24, 2.45) is 5.41 Å². The molecule has 1 fully saturated rings. The number of ether oxygens (including phenoxy) is 1. The highest BCUT2D eigenvalue weighted by molar-refractivity contribution is 6.13. The van der Waals surface area contributed by atoms with Crippen molar-refractivity contribution in [1.82, 2.24) is 10.2 Å². The molecule has 7 nitrogen and oxygen atoms in total. The first-order valence-electron chi connectivity index (χ1n) is 18.4. The van der Waals surface area contributed by atoms with Gasteiger partial charge in [-0.2, -0.15) is 0 Å². The second-order valence-corrected chi connectivity index (χ2v) is 15.1. The summed E-state index contributed by atoms with van der Waals surface area (Å²) >= 11 is 0. The molecule has 0 spiro atoms. The van der Waals surface area contributed by atoms with E-state index >= 15 is 0 Å². The Morgan fingerprint density at radius 2 is 1.74 bits per heavy atom. The highest BCUT2D eigenvalue weighted by Crippen LogP contribution is 2.59. The van der Waals surface area contributed by atoms with Gasteiger partial charge in [0.05, 0.1) is 18.2 Å². The fourth-order valence-corrected chi connectivity index (χ4v) is 8.20. The van der Waals surface area contributed by atoms with Crippen molar-refractivity contribution in [3.05, 3.63) is 107 Å². The van der Waals surface area contributed by atoms with Gasteiger partial charge < -0.3 is 25.2 Å². The van der Waals surface area contributed by atoms with E-state index in [4.69, 9.17) is 4.74 Å². The minimum absolute atomic E-state index is 0.0409. The molecule has 6 rings (SSSR count). The highest BCUT2D eigenvalue weighted by atomic mass is 16.5. The number of urea groups is 1. The number of aliphatic hydroxyl groups is 2. The molecule has 0 aliphatic heterocycles. The lowest BCUT2D eigenvalue weighted by atomic mass is 9.64. The predicted octanol–water partition coefficient (Wildman–Crippen LogP) is 8.08. The smallest absolute Gasteiger partial charge is 0.317 e. The molecule has 50 heavy (non-hydrogen) atoms. The minimum atomic E-state index is -1.20. The van der Waals surface area contributed by atoms with Crippen LogP contribution in [0.5, 0.6) is 0 Å². The van der Waals surface area contributed by atoms with Crippen molar-refractivity contribution in [3.8, 4) is 11.1 Å². The van der Waals surface area contributed by atoms with Gasteiger partial charge in [-0.25, -0.2) is 4.79 Å². The Morgan fingerprint density at radius 3 is 2.48 bits per heavy atom. The van der Waals surface area contributed by atoms with Crippen molar-refractivity contribution >= 4 is 11.8 Å². The normalized spacial score (nSPS) is 24.0. The largest absolute Gasteiger partial charge is 0.393 e. The maximum Gasteiger partial charge on any atom is 0.317 e. The first-order valence-corrected chi connectivity index (χ1v) is 18.4. The molecule has 3 aliphatic rings. The number of ketones is 1. The molecular weight excluding hydrogens is 624 g/mol. The lowest BCUT2D eigenvalue weighted by Crippen LogP contribution is -2.56. The standard InChI is InChI=1S/C43H56N2O5/c1-30(2)44-41(48)45(25-12-26-50-5)29-43(49)24-22-39-36-21-19-32(27-34(46)20-18-31(3)13-11-23-42(39,43)4)28-38(36)40(47)37-17-10-9-16-35(37)33-14-7-6-8-15-33/h6-10,13-17,19,21,28,30,34,39,46,49H,11-12,18,20,22-27,29H2,1-5H3,(H,44,48). The Kier molecular flexibility index (Phi) is 12.4. The van der Waals surface area contributed by atoms with E-state index in [0.29, 0.717) is 62.8 Å². The van der Waals surface area contributed by atoms with Crippen LogP contribution < -0.4 is 5.32 Å². The molecule has 2 amide bonds. The number of rotatable bonds is 10. The van der Waals surface area contributed by atoms with Crippen LogP contribution in [0.4, 0.5) is 4.79 Å². The summed E-state index contributed by atoms with van der Waals surface area (Å²) in [4.78, 5) is 30.2. The number of carbonyl (C=O) groups excluding carboxylic acids is 2. The Labute approximate surface area is 298 Å². The second kappa shape index (κ2) is 16.5. The molecule has 7 heteroatoms. The van der Waals surface area contributed by atoms with Crippen molar-refractivity contribution in [2.45, 2.75) is 103 Å². The fourth-order valence-electron chi connectivity index (χ4n) is 8.20. The van der Waals surface area contributed by atoms with Gasteiger partial charge in [0, 0.05) is 42.8 Å². The van der Waals surface area contributed by atoms with Crippen LogP contribution in [0.1, 0.15) is 106 Å². The Morgan fingerprint density at radius 1 is 1.00 bits per heavy atom. The molecular formula is C43H56N2O5. The molecule has 1 saturated carbocycles. The molecule has 3 N–H and O–H groups in total. The quantitative estimate of drug-likeness (QED) is 0.114. The number of benzene rings is 3. The average molecular weight is 681 g/mol. The van der Waals surface area contributed by atoms with Gasteiger partial charge in [0.1, 0.15) is 0 Å². The Hall–Kier alpha value is -3.78. The molecule has 268 valence electrons. The topological polar surface area (TPSA) is 99.1 Å². The molecule has 0 radical (unpaired) electrons. The van der Waals surface area contributed by atoms with E-state index in [-0.39, 0.29) is 30.3 Å². The van der Waals surface area contributed by atoms with Crippen LogP contribution in [0.2, 0.25) is 0 Å². The maximum atomic E-state index is 14.9. The summed E-state index contributed by atoms with van der Waals surface area (Å²) in [6.07, 6.45) is 6.86. The number of hydrogen-bond acceptors (Lipinski definition) is 5. The van der Waals surface area contributed by atoms with Crippen LogP contribution in [0, 0.1) is 5.41 Å². The number of fused-ring (bicyclic) bond motifs is 8. The molecule has 3 aromatic carbocycles. The zero-order valence-corrected chi connectivity index (χ0v) is 30.6. The summed E-state index contributed by atoms with van der Waals surface area (Å²) in [5, 5.41) is 26.9. The van der Waals surface area contributed by atoms with Gasteiger partial charge in [-0.15, -0.1) is 0 Å². The van der Waals surface area contributed by atoms with E-state index in [2.05, 4.69) is 37.4 Å². The van der Waals surface area contributed by atoms with Gasteiger partial charge in [-0.3, -0.25) is 4.79 Å². The number of allylic oxidation sites excluding steroid dienone is 2. The third kappa shape index (κ3) is 8.39. The van der Waals surface area contributed by atoms with Gasteiger partial charge in [0.2, 0.25) is 0 Å². The number of nitrogens with one attached hydrogen (secondary N) is 1. The molecule has 4 unspecified atom stereocenters. The Balaban J connectivity index is 1.62. The molecule has 0 heterocycles. The van der Waals surface area contributed by atoms with E-state index < -0.39 is 17.1 Å². The molecule has 3 aliphatic carbocycles. The van der Waals surface area contributed by atoms with Crippen molar-refractivity contribution < 1.29 is 24.5 Å². The molecule has 3 aromatic rings. The predicted molar refractivity (Wildman–Crippen MR) is 200 cm³/mol. The van der Waals surface area contributed by atoms with E-state index in [1.54, 1.807) is 12.0 Å². The minimum Gasteiger partial charge on any atom is -0.393 e. The SMILES string of the molecule is COCCCN(CC1(O)CCC2c3ccc(cc3C(=O)c3ccccc3-c3ccccc3)CC(O)CCC(C)=CCCC21C)C(=O)NC(C)C. The number of carbonyl (C=O) groups is 2. The van der Waals surface area contributed by atoms with Gasteiger partial charge in [-0.05, 0) is 106 Å². The number of methoxy groups -OCH3 is 1. The number of nitrogens with zero attached hydrogens (tertiary/aromatic N) is 1.